The van der Waals surface area contributed by atoms with Gasteiger partial charge in [-0.25, -0.2) is 0 Å². The second-order valence-corrected chi connectivity index (χ2v) is 1.62. The van der Waals surface area contributed by atoms with E-state index >= 15 is 0 Å². The van der Waals surface area contributed by atoms with Crippen molar-refractivity contribution in [2.45, 2.75) is 12.8 Å². The van der Waals surface area contributed by atoms with Crippen molar-refractivity contribution in [2.24, 2.45) is 0 Å². The minimum absolute atomic E-state index is 0.366. The summed E-state index contributed by atoms with van der Waals surface area (Å²) in [7, 11) is 1.96. The predicted octanol–water partition coefficient (Wildman–Crippen LogP) is 0.329. The highest BCUT2D eigenvalue weighted by Crippen LogP contribution is 1.85. The molecule has 0 amide bonds. The molecule has 0 aromatic rings. The van der Waals surface area contributed by atoms with Crippen LogP contribution in [0.4, 0.5) is 0 Å². The highest BCUT2D eigenvalue weighted by molar-refractivity contribution is 6.17. The lowest BCUT2D eigenvalue weighted by molar-refractivity contribution is 0.253. The van der Waals surface area contributed by atoms with E-state index < -0.39 is 0 Å². The molecule has 0 aliphatic carbocycles. The van der Waals surface area contributed by atoms with Gasteiger partial charge in [-0.2, -0.15) is 0 Å². The molecule has 0 radical (unpaired) electrons. The Morgan fingerprint density at radius 1 is 1.67 bits per heavy atom. The van der Waals surface area contributed by atoms with Gasteiger partial charge in [0.15, 0.2) is 0 Å². The molecule has 3 heteroatoms. The van der Waals surface area contributed by atoms with Crippen LogP contribution in [0.25, 0.3) is 0 Å². The van der Waals surface area contributed by atoms with Crippen LogP contribution in [0.5, 0.6) is 0 Å². The summed E-state index contributed by atoms with van der Waals surface area (Å²) >= 11 is 0. The molecule has 0 N–H and O–H groups in total. The van der Waals surface area contributed by atoms with E-state index in [0.717, 1.165) is 12.8 Å². The summed E-state index contributed by atoms with van der Waals surface area (Å²) in [6.07, 6.45) is 6.70. The van der Waals surface area contributed by atoms with E-state index in [1.165, 1.54) is 0 Å². The Balaban J connectivity index is 2.69. The van der Waals surface area contributed by atoms with E-state index in [2.05, 4.69) is 10.6 Å². The van der Waals surface area contributed by atoms with Crippen molar-refractivity contribution < 1.29 is 9.31 Å². The molecule has 9 heavy (non-hydrogen) atoms. The van der Waals surface area contributed by atoms with Crippen molar-refractivity contribution >= 4 is 7.69 Å². The SMILES string of the molecule is C#CCCCOBOC. The molecule has 0 fully saturated rings. The number of hydrogen-bond acceptors (Lipinski definition) is 2. The van der Waals surface area contributed by atoms with Crippen molar-refractivity contribution in [3.8, 4) is 12.3 Å². The summed E-state index contributed by atoms with van der Waals surface area (Å²) in [5, 5.41) is 0. The monoisotopic (exact) mass is 126 g/mol. The predicted molar refractivity (Wildman–Crippen MR) is 38.2 cm³/mol. The zero-order valence-corrected chi connectivity index (χ0v) is 5.72. The van der Waals surface area contributed by atoms with Crippen LogP contribution < -0.4 is 0 Å². The van der Waals surface area contributed by atoms with Gasteiger partial charge in [0.1, 0.15) is 0 Å². The molecule has 50 valence electrons. The summed E-state index contributed by atoms with van der Waals surface area (Å²) in [6.45, 7) is 0.692. The Hall–Kier alpha value is -0.455. The molecule has 0 saturated heterocycles. The zero-order valence-electron chi connectivity index (χ0n) is 5.72. The minimum atomic E-state index is 0.366. The first-order valence-electron chi connectivity index (χ1n) is 2.92. The standard InChI is InChI=1S/C6H11BO2/c1-3-4-5-6-9-7-8-2/h1,7H,4-6H2,2H3. The van der Waals surface area contributed by atoms with Gasteiger partial charge in [-0.15, -0.1) is 12.3 Å². The summed E-state index contributed by atoms with van der Waals surface area (Å²) in [5.74, 6) is 2.52. The zero-order chi connectivity index (χ0) is 6.95. The lowest BCUT2D eigenvalue weighted by Crippen LogP contribution is -2.02. The molecule has 0 aromatic carbocycles. The summed E-state index contributed by atoms with van der Waals surface area (Å²) < 4.78 is 9.62. The third-order valence-electron chi connectivity index (χ3n) is 0.811. The number of hydrogen-bond donors (Lipinski definition) is 0. The smallest absolute Gasteiger partial charge is 0.417 e. The van der Waals surface area contributed by atoms with Crippen LogP contribution in [0.2, 0.25) is 0 Å². The Kier molecular flexibility index (Phi) is 7.16. The van der Waals surface area contributed by atoms with E-state index in [-0.39, 0.29) is 0 Å². The molecule has 0 aliphatic heterocycles. The van der Waals surface area contributed by atoms with Crippen LogP contribution in [0.15, 0.2) is 0 Å². The maximum atomic E-state index is 5.01. The van der Waals surface area contributed by atoms with Gasteiger partial charge in [-0.05, 0) is 6.42 Å². The molecule has 2 nitrogen and oxygen atoms in total. The lowest BCUT2D eigenvalue weighted by Gasteiger charge is -1.96. The van der Waals surface area contributed by atoms with E-state index in [1.54, 1.807) is 7.11 Å². The molecule has 0 spiro atoms. The fourth-order valence-corrected chi connectivity index (χ4v) is 0.419. The maximum Gasteiger partial charge on any atom is 0.437 e. The first-order chi connectivity index (χ1) is 4.41. The van der Waals surface area contributed by atoms with Gasteiger partial charge in [-0.1, -0.05) is 0 Å². The highest BCUT2D eigenvalue weighted by atomic mass is 16.6. The van der Waals surface area contributed by atoms with Crippen molar-refractivity contribution in [2.75, 3.05) is 13.7 Å². The van der Waals surface area contributed by atoms with Gasteiger partial charge in [0.2, 0.25) is 0 Å². The molecule has 0 aromatic heterocycles. The molecular weight excluding hydrogens is 115 g/mol. The Labute approximate surface area is 56.8 Å². The minimum Gasteiger partial charge on any atom is -0.417 e. The van der Waals surface area contributed by atoms with Gasteiger partial charge < -0.3 is 9.31 Å². The second kappa shape index (κ2) is 7.54. The molecule has 0 aliphatic rings. The van der Waals surface area contributed by atoms with Crippen LogP contribution in [0, 0.1) is 12.3 Å². The Morgan fingerprint density at radius 2 is 2.44 bits per heavy atom. The third-order valence-corrected chi connectivity index (χ3v) is 0.811. The van der Waals surface area contributed by atoms with Crippen molar-refractivity contribution in [3.63, 3.8) is 0 Å². The molecular formula is C6H11BO2. The van der Waals surface area contributed by atoms with Gasteiger partial charge in [0.05, 0.1) is 0 Å². The van der Waals surface area contributed by atoms with Crippen LogP contribution in [-0.2, 0) is 9.31 Å². The topological polar surface area (TPSA) is 18.5 Å². The average molecular weight is 126 g/mol. The van der Waals surface area contributed by atoms with E-state index in [0.29, 0.717) is 14.3 Å². The van der Waals surface area contributed by atoms with Crippen LogP contribution in [-0.4, -0.2) is 21.4 Å². The third kappa shape index (κ3) is 7.54. The van der Waals surface area contributed by atoms with Crippen molar-refractivity contribution in [1.29, 1.82) is 0 Å². The number of rotatable bonds is 5. The van der Waals surface area contributed by atoms with Crippen LogP contribution >= 0.6 is 0 Å². The molecule has 0 unspecified atom stereocenters. The maximum absolute atomic E-state index is 5.01. The molecule has 0 heterocycles. The van der Waals surface area contributed by atoms with Gasteiger partial charge in [0, 0.05) is 20.1 Å². The van der Waals surface area contributed by atoms with Crippen LogP contribution in [0.1, 0.15) is 12.8 Å². The first kappa shape index (κ1) is 8.54. The van der Waals surface area contributed by atoms with Crippen molar-refractivity contribution in [3.05, 3.63) is 0 Å². The molecule has 0 atom stereocenters. The summed E-state index contributed by atoms with van der Waals surface area (Å²) in [4.78, 5) is 0. The lowest BCUT2D eigenvalue weighted by atomic mass is 10.3. The summed E-state index contributed by atoms with van der Waals surface area (Å²) in [5.41, 5.74) is 0. The number of terminal acetylenes is 1. The Morgan fingerprint density at radius 3 is 3.00 bits per heavy atom. The molecule has 0 bridgehead atoms. The van der Waals surface area contributed by atoms with Gasteiger partial charge in [0.25, 0.3) is 0 Å². The normalized spacial score (nSPS) is 8.44. The van der Waals surface area contributed by atoms with Gasteiger partial charge >= 0.3 is 7.69 Å². The van der Waals surface area contributed by atoms with Crippen LogP contribution in [0.3, 0.4) is 0 Å². The fraction of sp³-hybridized carbons (Fsp3) is 0.667. The first-order valence-corrected chi connectivity index (χ1v) is 2.92. The fourth-order valence-electron chi connectivity index (χ4n) is 0.419. The average Bonchev–Trinajstić information content (AvgIpc) is 1.89. The van der Waals surface area contributed by atoms with Gasteiger partial charge in [-0.3, -0.25) is 0 Å². The summed E-state index contributed by atoms with van der Waals surface area (Å²) in [6, 6.07) is 0. The Bertz CT molecular complexity index is 87.5. The van der Waals surface area contributed by atoms with E-state index in [4.69, 9.17) is 11.1 Å². The van der Waals surface area contributed by atoms with E-state index in [1.807, 2.05) is 0 Å². The second-order valence-electron chi connectivity index (χ2n) is 1.62. The quantitative estimate of drug-likeness (QED) is 0.300. The van der Waals surface area contributed by atoms with E-state index in [9.17, 15) is 0 Å². The highest BCUT2D eigenvalue weighted by Gasteiger charge is 1.86. The molecule has 0 saturated carbocycles. The molecule has 0 rings (SSSR count). The number of unbranched alkanes of at least 4 members (excludes halogenated alkanes) is 1. The van der Waals surface area contributed by atoms with Crippen molar-refractivity contribution in [1.82, 2.24) is 0 Å². The largest absolute Gasteiger partial charge is 0.437 e.